The fraction of sp³-hybridized carbons (Fsp3) is 0.500. The van der Waals surface area contributed by atoms with Crippen LogP contribution in [0.25, 0.3) is 11.0 Å². The van der Waals surface area contributed by atoms with Crippen LogP contribution in [0.1, 0.15) is 12.7 Å². The van der Waals surface area contributed by atoms with Crippen molar-refractivity contribution in [2.24, 2.45) is 7.05 Å². The molecule has 0 bridgehead atoms. The number of aromatic nitrogens is 4. The predicted molar refractivity (Wildman–Crippen MR) is 67.7 cm³/mol. The van der Waals surface area contributed by atoms with Crippen LogP contribution in [0.2, 0.25) is 0 Å². The molecule has 2 heterocycles. The lowest BCUT2D eigenvalue weighted by Crippen LogP contribution is -2.04. The smallest absolute Gasteiger partial charge is 0.163 e. The molecule has 0 saturated carbocycles. The molecule has 1 N–H and O–H groups in total. The van der Waals surface area contributed by atoms with Gasteiger partial charge in [0.25, 0.3) is 0 Å². The van der Waals surface area contributed by atoms with Gasteiger partial charge in [0, 0.05) is 13.6 Å². The number of rotatable bonds is 4. The predicted octanol–water partition coefficient (Wildman–Crippen LogP) is 1.66. The van der Waals surface area contributed by atoms with Crippen molar-refractivity contribution < 1.29 is 0 Å². The van der Waals surface area contributed by atoms with E-state index in [1.54, 1.807) is 22.6 Å². The Kier molecular flexibility index (Phi) is 3.28. The quantitative estimate of drug-likeness (QED) is 0.876. The fourth-order valence-electron chi connectivity index (χ4n) is 1.56. The van der Waals surface area contributed by atoms with Crippen molar-refractivity contribution in [1.29, 1.82) is 0 Å². The Balaban J connectivity index is 2.56. The number of hydrogen-bond acceptors (Lipinski definition) is 5. The second-order valence-electron chi connectivity index (χ2n) is 3.46. The van der Waals surface area contributed by atoms with E-state index in [0.29, 0.717) is 0 Å². The summed E-state index contributed by atoms with van der Waals surface area (Å²) in [5.41, 5.74) is 0.884. The topological polar surface area (TPSA) is 55.6 Å². The van der Waals surface area contributed by atoms with E-state index in [0.717, 1.165) is 35.0 Å². The summed E-state index contributed by atoms with van der Waals surface area (Å²) in [5.74, 6) is 2.55. The van der Waals surface area contributed by atoms with E-state index in [2.05, 4.69) is 27.3 Å². The van der Waals surface area contributed by atoms with Gasteiger partial charge in [-0.25, -0.2) is 9.97 Å². The molecule has 2 rings (SSSR count). The van der Waals surface area contributed by atoms with Gasteiger partial charge in [-0.2, -0.15) is 16.9 Å². The van der Waals surface area contributed by atoms with Gasteiger partial charge < -0.3 is 5.32 Å². The van der Waals surface area contributed by atoms with Gasteiger partial charge in [-0.05, 0) is 13.2 Å². The molecular formula is C10H15N5S. The van der Waals surface area contributed by atoms with Gasteiger partial charge in [-0.15, -0.1) is 0 Å². The summed E-state index contributed by atoms with van der Waals surface area (Å²) in [6, 6.07) is 0. The van der Waals surface area contributed by atoms with Gasteiger partial charge in [-0.1, -0.05) is 0 Å². The van der Waals surface area contributed by atoms with E-state index in [4.69, 9.17) is 0 Å². The number of fused-ring (bicyclic) bond motifs is 1. The van der Waals surface area contributed by atoms with Crippen LogP contribution < -0.4 is 5.32 Å². The van der Waals surface area contributed by atoms with Crippen molar-refractivity contribution in [3.63, 3.8) is 0 Å². The van der Waals surface area contributed by atoms with E-state index in [1.165, 1.54) is 0 Å². The van der Waals surface area contributed by atoms with Crippen LogP contribution >= 0.6 is 11.8 Å². The van der Waals surface area contributed by atoms with Crippen molar-refractivity contribution in [3.05, 3.63) is 12.0 Å². The van der Waals surface area contributed by atoms with Crippen LogP contribution in [-0.2, 0) is 12.8 Å². The first-order valence-corrected chi connectivity index (χ1v) is 6.57. The van der Waals surface area contributed by atoms with E-state index in [9.17, 15) is 0 Å². The molecule has 0 aliphatic rings. The zero-order valence-corrected chi connectivity index (χ0v) is 10.5. The maximum Gasteiger partial charge on any atom is 0.163 e. The monoisotopic (exact) mass is 237 g/mol. The number of thioether (sulfide) groups is 1. The summed E-state index contributed by atoms with van der Waals surface area (Å²) in [6.45, 7) is 2.90. The molecule has 2 aromatic heterocycles. The molecule has 0 radical (unpaired) electrons. The minimum atomic E-state index is 0.819. The second-order valence-corrected chi connectivity index (χ2v) is 4.32. The summed E-state index contributed by atoms with van der Waals surface area (Å²) < 4.78 is 1.78. The molecule has 5 nitrogen and oxygen atoms in total. The highest BCUT2D eigenvalue weighted by Crippen LogP contribution is 2.20. The summed E-state index contributed by atoms with van der Waals surface area (Å²) in [4.78, 5) is 8.99. The minimum Gasteiger partial charge on any atom is -0.370 e. The number of nitrogens with one attached hydrogen (secondary N) is 1. The third kappa shape index (κ3) is 1.97. The Morgan fingerprint density at radius 2 is 2.25 bits per heavy atom. The van der Waals surface area contributed by atoms with E-state index >= 15 is 0 Å². The average Bonchev–Trinajstić information content (AvgIpc) is 2.62. The van der Waals surface area contributed by atoms with Crippen molar-refractivity contribution in [1.82, 2.24) is 19.7 Å². The lowest BCUT2D eigenvalue weighted by Gasteiger charge is -2.06. The highest BCUT2D eigenvalue weighted by atomic mass is 32.2. The normalized spacial score (nSPS) is 10.9. The summed E-state index contributed by atoms with van der Waals surface area (Å²) in [6.07, 6.45) is 3.85. The molecule has 0 aliphatic heterocycles. The lowest BCUT2D eigenvalue weighted by atomic mass is 10.4. The SMILES string of the molecule is CCNc1nc(CSC)nc2c1cnn2C. The van der Waals surface area contributed by atoms with Gasteiger partial charge in [0.15, 0.2) is 5.65 Å². The minimum absolute atomic E-state index is 0.819. The Morgan fingerprint density at radius 3 is 2.94 bits per heavy atom. The molecule has 0 fully saturated rings. The maximum absolute atomic E-state index is 4.50. The molecule has 0 amide bonds. The van der Waals surface area contributed by atoms with Crippen LogP contribution in [0.3, 0.4) is 0 Å². The zero-order chi connectivity index (χ0) is 11.5. The molecule has 0 saturated heterocycles. The Bertz CT molecular complexity index is 493. The first-order chi connectivity index (χ1) is 7.76. The highest BCUT2D eigenvalue weighted by molar-refractivity contribution is 7.97. The van der Waals surface area contributed by atoms with E-state index in [-0.39, 0.29) is 0 Å². The summed E-state index contributed by atoms with van der Waals surface area (Å²) >= 11 is 1.72. The van der Waals surface area contributed by atoms with Crippen LogP contribution in [0.5, 0.6) is 0 Å². The summed E-state index contributed by atoms with van der Waals surface area (Å²) in [5, 5.41) is 8.44. The molecule has 86 valence electrons. The van der Waals surface area contributed by atoms with Gasteiger partial charge in [0.1, 0.15) is 11.6 Å². The average molecular weight is 237 g/mol. The molecule has 16 heavy (non-hydrogen) atoms. The molecule has 2 aromatic rings. The maximum atomic E-state index is 4.50. The van der Waals surface area contributed by atoms with Crippen molar-refractivity contribution in [2.75, 3.05) is 18.1 Å². The van der Waals surface area contributed by atoms with Crippen molar-refractivity contribution >= 4 is 28.6 Å². The number of hydrogen-bond donors (Lipinski definition) is 1. The first kappa shape index (κ1) is 11.2. The second kappa shape index (κ2) is 4.69. The molecular weight excluding hydrogens is 222 g/mol. The Labute approximate surface area is 98.7 Å². The summed E-state index contributed by atoms with van der Waals surface area (Å²) in [7, 11) is 1.90. The molecule has 0 unspecified atom stereocenters. The third-order valence-electron chi connectivity index (χ3n) is 2.26. The Morgan fingerprint density at radius 1 is 1.44 bits per heavy atom. The fourth-order valence-corrected chi connectivity index (χ4v) is 1.95. The van der Waals surface area contributed by atoms with E-state index in [1.807, 2.05) is 13.3 Å². The van der Waals surface area contributed by atoms with Crippen LogP contribution in [-0.4, -0.2) is 32.5 Å². The van der Waals surface area contributed by atoms with Gasteiger partial charge in [-0.3, -0.25) is 4.68 Å². The number of nitrogens with zero attached hydrogens (tertiary/aromatic N) is 4. The third-order valence-corrected chi connectivity index (χ3v) is 2.80. The molecule has 6 heteroatoms. The number of aryl methyl sites for hydroxylation is 1. The van der Waals surface area contributed by atoms with Crippen molar-refractivity contribution in [3.8, 4) is 0 Å². The zero-order valence-electron chi connectivity index (χ0n) is 9.69. The molecule has 0 aliphatic carbocycles. The van der Waals surface area contributed by atoms with Gasteiger partial charge in [0.05, 0.1) is 17.3 Å². The van der Waals surface area contributed by atoms with Crippen LogP contribution in [0.4, 0.5) is 5.82 Å². The largest absolute Gasteiger partial charge is 0.370 e. The standard InChI is InChI=1S/C10H15N5S/c1-4-11-9-7-5-12-15(2)10(7)14-8(13-9)6-16-3/h5H,4,6H2,1-3H3,(H,11,13,14). The van der Waals surface area contributed by atoms with Crippen molar-refractivity contribution in [2.45, 2.75) is 12.7 Å². The van der Waals surface area contributed by atoms with Crippen LogP contribution in [0.15, 0.2) is 6.20 Å². The van der Waals surface area contributed by atoms with Gasteiger partial charge in [0.2, 0.25) is 0 Å². The molecule has 0 atom stereocenters. The Hall–Kier alpha value is -1.30. The first-order valence-electron chi connectivity index (χ1n) is 5.17. The molecule has 0 aromatic carbocycles. The lowest BCUT2D eigenvalue weighted by molar-refractivity contribution is 0.782. The van der Waals surface area contributed by atoms with Crippen LogP contribution in [0, 0.1) is 0 Å². The highest BCUT2D eigenvalue weighted by Gasteiger charge is 2.10. The number of anilines is 1. The van der Waals surface area contributed by atoms with E-state index < -0.39 is 0 Å². The van der Waals surface area contributed by atoms with Gasteiger partial charge >= 0.3 is 0 Å². The molecule has 0 spiro atoms.